The molecule has 5 heteroatoms. The molecule has 2 aromatic carbocycles. The molecule has 0 aromatic heterocycles. The molecule has 5 nitrogen and oxygen atoms in total. The molecule has 2 aromatic rings. The molecule has 1 aliphatic heterocycles. The van der Waals surface area contributed by atoms with E-state index in [4.69, 9.17) is 9.47 Å². The molecule has 130 valence electrons. The Bertz CT molecular complexity index is 758. The summed E-state index contributed by atoms with van der Waals surface area (Å²) < 4.78 is 10.2. The summed E-state index contributed by atoms with van der Waals surface area (Å²) in [6.45, 7) is 0.695. The highest BCUT2D eigenvalue weighted by atomic mass is 16.5. The Morgan fingerprint density at radius 1 is 1.20 bits per heavy atom. The predicted octanol–water partition coefficient (Wildman–Crippen LogP) is 2.58. The third-order valence-corrected chi connectivity index (χ3v) is 4.25. The lowest BCUT2D eigenvalue weighted by atomic mass is 10.0. The first kappa shape index (κ1) is 17.0. The van der Waals surface area contributed by atoms with Gasteiger partial charge in [-0.25, -0.2) is 0 Å². The number of nitrogens with one attached hydrogen (secondary N) is 1. The van der Waals surface area contributed by atoms with Crippen molar-refractivity contribution >= 4 is 11.9 Å². The number of rotatable bonds is 6. The molecule has 3 rings (SSSR count). The van der Waals surface area contributed by atoms with Crippen molar-refractivity contribution in [1.82, 2.24) is 5.32 Å². The Labute approximate surface area is 147 Å². The zero-order valence-electron chi connectivity index (χ0n) is 14.2. The van der Waals surface area contributed by atoms with Crippen LogP contribution in [0.15, 0.2) is 48.5 Å². The van der Waals surface area contributed by atoms with Gasteiger partial charge in [-0.15, -0.1) is 0 Å². The number of esters is 1. The van der Waals surface area contributed by atoms with Crippen LogP contribution in [0.5, 0.6) is 5.75 Å². The standard InChI is InChI=1S/C20H21NO4/c1-24-20(23)13-17(15-5-3-2-4-6-15)21-19(22)12-14-7-8-18-16(11-14)9-10-25-18/h2-8,11,17H,9-10,12-13H2,1H3,(H,21,22). The Kier molecular flexibility index (Phi) is 5.33. The molecule has 0 aliphatic carbocycles. The molecular weight excluding hydrogens is 318 g/mol. The monoisotopic (exact) mass is 339 g/mol. The average Bonchev–Trinajstić information content (AvgIpc) is 3.09. The quantitative estimate of drug-likeness (QED) is 0.822. The molecule has 0 saturated carbocycles. The molecule has 1 N–H and O–H groups in total. The molecule has 0 spiro atoms. The van der Waals surface area contributed by atoms with E-state index in [1.165, 1.54) is 7.11 Å². The summed E-state index contributed by atoms with van der Waals surface area (Å²) in [5.74, 6) is 0.414. The second-order valence-corrected chi connectivity index (χ2v) is 6.03. The summed E-state index contributed by atoms with van der Waals surface area (Å²) >= 11 is 0. The van der Waals surface area contributed by atoms with E-state index in [1.54, 1.807) is 0 Å². The third-order valence-electron chi connectivity index (χ3n) is 4.25. The number of amides is 1. The lowest BCUT2D eigenvalue weighted by Gasteiger charge is -2.18. The molecule has 0 bridgehead atoms. The van der Waals surface area contributed by atoms with Gasteiger partial charge < -0.3 is 14.8 Å². The van der Waals surface area contributed by atoms with Crippen molar-refractivity contribution in [2.24, 2.45) is 0 Å². The van der Waals surface area contributed by atoms with Gasteiger partial charge in [-0.05, 0) is 22.8 Å². The number of ether oxygens (including phenoxy) is 2. The van der Waals surface area contributed by atoms with Crippen LogP contribution in [0.2, 0.25) is 0 Å². The molecule has 1 amide bonds. The summed E-state index contributed by atoms with van der Waals surface area (Å²) in [6, 6.07) is 14.9. The van der Waals surface area contributed by atoms with Gasteiger partial charge in [-0.1, -0.05) is 42.5 Å². The summed E-state index contributed by atoms with van der Waals surface area (Å²) in [5, 5.41) is 2.94. The molecular formula is C20H21NO4. The van der Waals surface area contributed by atoms with Crippen molar-refractivity contribution in [1.29, 1.82) is 0 Å². The fraction of sp³-hybridized carbons (Fsp3) is 0.300. The van der Waals surface area contributed by atoms with Crippen molar-refractivity contribution in [3.63, 3.8) is 0 Å². The first-order chi connectivity index (χ1) is 12.2. The summed E-state index contributed by atoms with van der Waals surface area (Å²) in [6.07, 6.45) is 1.24. The van der Waals surface area contributed by atoms with Gasteiger partial charge in [0.05, 0.1) is 32.6 Å². The Morgan fingerprint density at radius 3 is 2.76 bits per heavy atom. The number of benzene rings is 2. The molecule has 1 atom stereocenters. The second kappa shape index (κ2) is 7.83. The Balaban J connectivity index is 1.68. The fourth-order valence-corrected chi connectivity index (χ4v) is 2.97. The fourth-order valence-electron chi connectivity index (χ4n) is 2.97. The zero-order valence-corrected chi connectivity index (χ0v) is 14.2. The highest BCUT2D eigenvalue weighted by Gasteiger charge is 2.19. The first-order valence-corrected chi connectivity index (χ1v) is 8.31. The first-order valence-electron chi connectivity index (χ1n) is 8.31. The maximum atomic E-state index is 12.5. The smallest absolute Gasteiger partial charge is 0.307 e. The van der Waals surface area contributed by atoms with Crippen LogP contribution >= 0.6 is 0 Å². The highest BCUT2D eigenvalue weighted by Crippen LogP contribution is 2.26. The van der Waals surface area contributed by atoms with Crippen molar-refractivity contribution in [2.75, 3.05) is 13.7 Å². The number of hydrogen-bond donors (Lipinski definition) is 1. The van der Waals surface area contributed by atoms with E-state index in [0.29, 0.717) is 6.61 Å². The molecule has 0 radical (unpaired) electrons. The average molecular weight is 339 g/mol. The van der Waals surface area contributed by atoms with E-state index in [-0.39, 0.29) is 24.7 Å². The van der Waals surface area contributed by atoms with Gasteiger partial charge in [-0.3, -0.25) is 9.59 Å². The van der Waals surface area contributed by atoms with Crippen LogP contribution in [0.4, 0.5) is 0 Å². The lowest BCUT2D eigenvalue weighted by molar-refractivity contribution is -0.141. The molecule has 25 heavy (non-hydrogen) atoms. The maximum absolute atomic E-state index is 12.5. The summed E-state index contributed by atoms with van der Waals surface area (Å²) in [7, 11) is 1.35. The SMILES string of the molecule is COC(=O)CC(NC(=O)Cc1ccc2c(c1)CCO2)c1ccccc1. The van der Waals surface area contributed by atoms with E-state index in [0.717, 1.165) is 28.9 Å². The van der Waals surface area contributed by atoms with Crippen LogP contribution in [0.25, 0.3) is 0 Å². The Morgan fingerprint density at radius 2 is 2.00 bits per heavy atom. The second-order valence-electron chi connectivity index (χ2n) is 6.03. The molecule has 0 fully saturated rings. The number of hydrogen-bond acceptors (Lipinski definition) is 4. The van der Waals surface area contributed by atoms with Crippen LogP contribution in [0, 0.1) is 0 Å². The van der Waals surface area contributed by atoms with Gasteiger partial charge in [0.15, 0.2) is 0 Å². The van der Waals surface area contributed by atoms with E-state index in [2.05, 4.69) is 5.32 Å². The van der Waals surface area contributed by atoms with E-state index >= 15 is 0 Å². The number of carbonyl (C=O) groups excluding carboxylic acids is 2. The minimum atomic E-state index is -0.404. The van der Waals surface area contributed by atoms with Gasteiger partial charge >= 0.3 is 5.97 Å². The third kappa shape index (κ3) is 4.38. The molecule has 1 aliphatic rings. The van der Waals surface area contributed by atoms with Crippen LogP contribution in [0.1, 0.15) is 29.2 Å². The minimum Gasteiger partial charge on any atom is -0.493 e. The van der Waals surface area contributed by atoms with E-state index < -0.39 is 6.04 Å². The number of fused-ring (bicyclic) bond motifs is 1. The van der Waals surface area contributed by atoms with Crippen LogP contribution in [-0.4, -0.2) is 25.6 Å². The lowest BCUT2D eigenvalue weighted by Crippen LogP contribution is -2.31. The van der Waals surface area contributed by atoms with Crippen LogP contribution in [-0.2, 0) is 27.2 Å². The van der Waals surface area contributed by atoms with Gasteiger partial charge in [0.2, 0.25) is 5.91 Å². The minimum absolute atomic E-state index is 0.101. The van der Waals surface area contributed by atoms with E-state index in [9.17, 15) is 9.59 Å². The molecule has 0 saturated heterocycles. The van der Waals surface area contributed by atoms with Crippen molar-refractivity contribution in [2.45, 2.75) is 25.3 Å². The van der Waals surface area contributed by atoms with Crippen LogP contribution < -0.4 is 10.1 Å². The number of methoxy groups -OCH3 is 1. The maximum Gasteiger partial charge on any atom is 0.307 e. The van der Waals surface area contributed by atoms with Crippen molar-refractivity contribution in [3.8, 4) is 5.75 Å². The van der Waals surface area contributed by atoms with Crippen molar-refractivity contribution < 1.29 is 19.1 Å². The molecule has 1 heterocycles. The normalized spacial score (nSPS) is 13.5. The highest BCUT2D eigenvalue weighted by molar-refractivity contribution is 5.80. The van der Waals surface area contributed by atoms with Gasteiger partial charge in [-0.2, -0.15) is 0 Å². The van der Waals surface area contributed by atoms with Gasteiger partial charge in [0.25, 0.3) is 0 Å². The predicted molar refractivity (Wildman–Crippen MR) is 93.3 cm³/mol. The van der Waals surface area contributed by atoms with Gasteiger partial charge in [0.1, 0.15) is 5.75 Å². The van der Waals surface area contributed by atoms with Gasteiger partial charge in [0, 0.05) is 6.42 Å². The largest absolute Gasteiger partial charge is 0.493 e. The van der Waals surface area contributed by atoms with Crippen LogP contribution in [0.3, 0.4) is 0 Å². The zero-order chi connectivity index (χ0) is 17.6. The topological polar surface area (TPSA) is 64.6 Å². The Hall–Kier alpha value is -2.82. The molecule has 1 unspecified atom stereocenters. The number of carbonyl (C=O) groups is 2. The van der Waals surface area contributed by atoms with Crippen molar-refractivity contribution in [3.05, 3.63) is 65.2 Å². The summed E-state index contributed by atoms with van der Waals surface area (Å²) in [5.41, 5.74) is 2.95. The van der Waals surface area contributed by atoms with E-state index in [1.807, 2.05) is 48.5 Å². The summed E-state index contributed by atoms with van der Waals surface area (Å²) in [4.78, 5) is 24.1.